The van der Waals surface area contributed by atoms with E-state index in [1.54, 1.807) is 0 Å². The van der Waals surface area contributed by atoms with Crippen molar-refractivity contribution >= 4 is 22.8 Å². The van der Waals surface area contributed by atoms with Crippen molar-refractivity contribution in [3.8, 4) is 0 Å². The molecule has 1 saturated carbocycles. The molecule has 1 aliphatic carbocycles. The molecule has 0 spiro atoms. The van der Waals surface area contributed by atoms with Crippen molar-refractivity contribution < 1.29 is 0 Å². The van der Waals surface area contributed by atoms with E-state index >= 15 is 0 Å². The minimum atomic E-state index is 0.620. The Hall–Kier alpha value is -1.00. The second-order valence-corrected chi connectivity index (χ2v) is 7.03. The van der Waals surface area contributed by atoms with Crippen LogP contribution < -0.4 is 5.32 Å². The Labute approximate surface area is 124 Å². The first kappa shape index (κ1) is 14.0. The van der Waals surface area contributed by atoms with E-state index in [9.17, 15) is 0 Å². The molecule has 3 unspecified atom stereocenters. The summed E-state index contributed by atoms with van der Waals surface area (Å²) >= 11 is 1.91. The Bertz CT molecular complexity index is 533. The Morgan fingerprint density at radius 2 is 2.20 bits per heavy atom. The topological polar surface area (TPSA) is 40.7 Å². The van der Waals surface area contributed by atoms with Crippen molar-refractivity contribution in [3.63, 3.8) is 0 Å². The van der Waals surface area contributed by atoms with Gasteiger partial charge in [0.25, 0.3) is 0 Å². The van der Waals surface area contributed by atoms with Gasteiger partial charge in [0.05, 0.1) is 11.0 Å². The molecule has 3 rings (SSSR count). The summed E-state index contributed by atoms with van der Waals surface area (Å²) in [4.78, 5) is 8.15. The van der Waals surface area contributed by atoms with Gasteiger partial charge < -0.3 is 10.3 Å². The molecule has 0 saturated heterocycles. The van der Waals surface area contributed by atoms with Crippen LogP contribution in [0.15, 0.2) is 29.4 Å². The highest BCUT2D eigenvalue weighted by molar-refractivity contribution is 7.99. The quantitative estimate of drug-likeness (QED) is 0.899. The van der Waals surface area contributed by atoms with Crippen LogP contribution in [0.2, 0.25) is 0 Å². The van der Waals surface area contributed by atoms with Gasteiger partial charge in [-0.3, -0.25) is 0 Å². The zero-order valence-electron chi connectivity index (χ0n) is 12.2. The summed E-state index contributed by atoms with van der Waals surface area (Å²) in [5.74, 6) is 0.826. The summed E-state index contributed by atoms with van der Waals surface area (Å²) in [5, 5.41) is 5.33. The summed E-state index contributed by atoms with van der Waals surface area (Å²) in [6.45, 7) is 5.62. The Morgan fingerprint density at radius 3 is 3.00 bits per heavy atom. The Balaban J connectivity index is 1.76. The average molecular weight is 289 g/mol. The fraction of sp³-hybridized carbons (Fsp3) is 0.562. The van der Waals surface area contributed by atoms with Gasteiger partial charge in [-0.05, 0) is 43.9 Å². The molecule has 108 valence electrons. The zero-order valence-corrected chi connectivity index (χ0v) is 13.0. The van der Waals surface area contributed by atoms with Gasteiger partial charge in [-0.2, -0.15) is 0 Å². The lowest BCUT2D eigenvalue weighted by molar-refractivity contribution is 0.320. The monoisotopic (exact) mass is 289 g/mol. The predicted molar refractivity (Wildman–Crippen MR) is 86.2 cm³/mol. The van der Waals surface area contributed by atoms with Crippen LogP contribution in [0, 0.1) is 5.92 Å². The molecule has 3 atom stereocenters. The van der Waals surface area contributed by atoms with E-state index < -0.39 is 0 Å². The third-order valence-corrected chi connectivity index (χ3v) is 5.39. The third-order valence-electron chi connectivity index (χ3n) is 4.15. The van der Waals surface area contributed by atoms with Crippen LogP contribution in [0.4, 0.5) is 0 Å². The lowest BCUT2D eigenvalue weighted by Gasteiger charge is -2.34. The van der Waals surface area contributed by atoms with Crippen molar-refractivity contribution in [2.24, 2.45) is 5.92 Å². The second kappa shape index (κ2) is 6.19. The highest BCUT2D eigenvalue weighted by Crippen LogP contribution is 2.35. The van der Waals surface area contributed by atoms with E-state index in [1.165, 1.54) is 19.3 Å². The third kappa shape index (κ3) is 3.01. The SMILES string of the molecule is CCNC1CCC(C)CC1Sc1nc2ccccc2[nH]1. The number of hydrogen-bond acceptors (Lipinski definition) is 3. The van der Waals surface area contributed by atoms with Crippen LogP contribution in [0.25, 0.3) is 11.0 Å². The number of benzene rings is 1. The molecule has 4 heteroatoms. The smallest absolute Gasteiger partial charge is 0.166 e. The maximum absolute atomic E-state index is 4.71. The summed E-state index contributed by atoms with van der Waals surface area (Å²) in [7, 11) is 0. The van der Waals surface area contributed by atoms with Gasteiger partial charge in [0, 0.05) is 11.3 Å². The number of H-pyrrole nitrogens is 1. The first-order chi connectivity index (χ1) is 9.76. The predicted octanol–water partition coefficient (Wildman–Crippen LogP) is 3.82. The van der Waals surface area contributed by atoms with Gasteiger partial charge in [0.1, 0.15) is 0 Å². The van der Waals surface area contributed by atoms with Crippen LogP contribution in [0.3, 0.4) is 0 Å². The molecular weight excluding hydrogens is 266 g/mol. The molecule has 0 bridgehead atoms. The maximum Gasteiger partial charge on any atom is 0.166 e. The number of rotatable bonds is 4. The molecule has 0 radical (unpaired) electrons. The number of imidazole rings is 1. The number of fused-ring (bicyclic) bond motifs is 1. The number of para-hydroxylation sites is 2. The number of nitrogens with zero attached hydrogens (tertiary/aromatic N) is 1. The van der Waals surface area contributed by atoms with Crippen LogP contribution in [0.5, 0.6) is 0 Å². The highest BCUT2D eigenvalue weighted by atomic mass is 32.2. The Morgan fingerprint density at radius 1 is 1.35 bits per heavy atom. The van der Waals surface area contributed by atoms with Crippen LogP contribution in [-0.4, -0.2) is 27.8 Å². The minimum absolute atomic E-state index is 0.620. The summed E-state index contributed by atoms with van der Waals surface area (Å²) in [6, 6.07) is 8.88. The van der Waals surface area contributed by atoms with Gasteiger partial charge >= 0.3 is 0 Å². The normalized spacial score (nSPS) is 27.0. The first-order valence-corrected chi connectivity index (χ1v) is 8.49. The van der Waals surface area contributed by atoms with Crippen molar-refractivity contribution in [2.75, 3.05) is 6.54 Å². The van der Waals surface area contributed by atoms with Gasteiger partial charge in [0.2, 0.25) is 0 Å². The van der Waals surface area contributed by atoms with Gasteiger partial charge in [0.15, 0.2) is 5.16 Å². The van der Waals surface area contributed by atoms with E-state index in [-0.39, 0.29) is 0 Å². The lowest BCUT2D eigenvalue weighted by Crippen LogP contribution is -2.42. The van der Waals surface area contributed by atoms with Gasteiger partial charge in [-0.1, -0.05) is 37.7 Å². The number of aromatic nitrogens is 2. The standard InChI is InChI=1S/C16H23N3S/c1-3-17-14-9-8-11(2)10-15(14)20-16-18-12-6-4-5-7-13(12)19-16/h4-7,11,14-15,17H,3,8-10H2,1-2H3,(H,18,19). The largest absolute Gasteiger partial charge is 0.333 e. The fourth-order valence-electron chi connectivity index (χ4n) is 3.08. The summed E-state index contributed by atoms with van der Waals surface area (Å²) in [5.41, 5.74) is 2.21. The second-order valence-electron chi connectivity index (χ2n) is 5.80. The van der Waals surface area contributed by atoms with E-state index in [2.05, 4.69) is 42.3 Å². The molecule has 1 aromatic heterocycles. The van der Waals surface area contributed by atoms with Crippen LogP contribution in [-0.2, 0) is 0 Å². The van der Waals surface area contributed by atoms with Crippen molar-refractivity contribution in [2.45, 2.75) is 49.6 Å². The molecule has 0 amide bonds. The molecule has 3 nitrogen and oxygen atoms in total. The molecule has 1 heterocycles. The van der Waals surface area contributed by atoms with Gasteiger partial charge in [-0.15, -0.1) is 0 Å². The highest BCUT2D eigenvalue weighted by Gasteiger charge is 2.29. The van der Waals surface area contributed by atoms with Gasteiger partial charge in [-0.25, -0.2) is 4.98 Å². The molecular formula is C16H23N3S. The van der Waals surface area contributed by atoms with E-state index in [0.717, 1.165) is 28.7 Å². The van der Waals surface area contributed by atoms with E-state index in [1.807, 2.05) is 17.8 Å². The number of hydrogen-bond donors (Lipinski definition) is 2. The van der Waals surface area contributed by atoms with Crippen molar-refractivity contribution in [1.29, 1.82) is 0 Å². The number of aromatic amines is 1. The van der Waals surface area contributed by atoms with Crippen LogP contribution in [0.1, 0.15) is 33.1 Å². The Kier molecular flexibility index (Phi) is 4.32. The van der Waals surface area contributed by atoms with E-state index in [0.29, 0.717) is 11.3 Å². The molecule has 1 aromatic carbocycles. The number of thioether (sulfide) groups is 1. The average Bonchev–Trinajstić information content (AvgIpc) is 2.84. The first-order valence-electron chi connectivity index (χ1n) is 7.61. The van der Waals surface area contributed by atoms with Crippen LogP contribution >= 0.6 is 11.8 Å². The molecule has 1 aliphatic rings. The maximum atomic E-state index is 4.71. The minimum Gasteiger partial charge on any atom is -0.333 e. The molecule has 2 N–H and O–H groups in total. The van der Waals surface area contributed by atoms with Crippen molar-refractivity contribution in [1.82, 2.24) is 15.3 Å². The molecule has 0 aliphatic heterocycles. The fourth-order valence-corrected chi connectivity index (χ4v) is 4.51. The molecule has 2 aromatic rings. The molecule has 20 heavy (non-hydrogen) atoms. The lowest BCUT2D eigenvalue weighted by atomic mass is 9.87. The van der Waals surface area contributed by atoms with E-state index in [4.69, 9.17) is 4.98 Å². The van der Waals surface area contributed by atoms with Crippen molar-refractivity contribution in [3.05, 3.63) is 24.3 Å². The number of nitrogens with one attached hydrogen (secondary N) is 2. The molecule has 1 fully saturated rings. The zero-order chi connectivity index (χ0) is 13.9. The summed E-state index contributed by atoms with van der Waals surface area (Å²) < 4.78 is 0. The summed E-state index contributed by atoms with van der Waals surface area (Å²) in [6.07, 6.45) is 3.90.